The highest BCUT2D eigenvalue weighted by atomic mass is 16.3. The van der Waals surface area contributed by atoms with Crippen molar-refractivity contribution in [3.63, 3.8) is 0 Å². The quantitative estimate of drug-likeness (QED) is 0.712. The number of carbonyl (C=O) groups excluding carboxylic acids is 1. The number of hydrogen-bond donors (Lipinski definition) is 3. The molecule has 96 valence electrons. The number of nitrogens with one attached hydrogen (secondary N) is 2. The molecule has 0 saturated heterocycles. The standard InChI is InChI=1S/C13H17N3O2/c17-7-1-2-13(18)14-6-5-10-3-4-11-12(8-10)16-9-15-11/h3-4,8-9,17H,1-2,5-7H2,(H,14,18)(H,15,16). The molecule has 0 spiro atoms. The molecule has 1 aromatic heterocycles. The summed E-state index contributed by atoms with van der Waals surface area (Å²) in [7, 11) is 0. The Kier molecular flexibility index (Phi) is 4.30. The molecule has 0 unspecified atom stereocenters. The third kappa shape index (κ3) is 3.30. The van der Waals surface area contributed by atoms with Crippen molar-refractivity contribution < 1.29 is 9.90 Å². The van der Waals surface area contributed by atoms with Crippen LogP contribution in [-0.4, -0.2) is 34.1 Å². The maximum absolute atomic E-state index is 11.3. The molecule has 0 aliphatic heterocycles. The van der Waals surface area contributed by atoms with Crippen molar-refractivity contribution in [3.8, 4) is 0 Å². The van der Waals surface area contributed by atoms with E-state index < -0.39 is 0 Å². The molecule has 0 atom stereocenters. The minimum Gasteiger partial charge on any atom is -0.396 e. The lowest BCUT2D eigenvalue weighted by Gasteiger charge is -2.04. The monoisotopic (exact) mass is 247 g/mol. The second kappa shape index (κ2) is 6.16. The highest BCUT2D eigenvalue weighted by Crippen LogP contribution is 2.11. The molecule has 0 fully saturated rings. The van der Waals surface area contributed by atoms with Gasteiger partial charge < -0.3 is 15.4 Å². The van der Waals surface area contributed by atoms with Crippen LogP contribution >= 0.6 is 0 Å². The number of fused-ring (bicyclic) bond motifs is 1. The van der Waals surface area contributed by atoms with Crippen LogP contribution < -0.4 is 5.32 Å². The number of nitrogens with zero attached hydrogens (tertiary/aromatic N) is 1. The first-order valence-corrected chi connectivity index (χ1v) is 6.09. The average molecular weight is 247 g/mol. The van der Waals surface area contributed by atoms with E-state index in [1.807, 2.05) is 18.2 Å². The van der Waals surface area contributed by atoms with E-state index in [0.29, 0.717) is 19.4 Å². The summed E-state index contributed by atoms with van der Waals surface area (Å²) in [6.45, 7) is 0.674. The zero-order valence-electron chi connectivity index (χ0n) is 10.1. The van der Waals surface area contributed by atoms with Gasteiger partial charge >= 0.3 is 0 Å². The average Bonchev–Trinajstić information content (AvgIpc) is 2.83. The Morgan fingerprint density at radius 1 is 1.44 bits per heavy atom. The number of aliphatic hydroxyl groups excluding tert-OH is 1. The fraction of sp³-hybridized carbons (Fsp3) is 0.385. The smallest absolute Gasteiger partial charge is 0.220 e. The van der Waals surface area contributed by atoms with Crippen LogP contribution in [0.4, 0.5) is 0 Å². The zero-order chi connectivity index (χ0) is 12.8. The van der Waals surface area contributed by atoms with Crippen molar-refractivity contribution in [1.82, 2.24) is 15.3 Å². The van der Waals surface area contributed by atoms with Gasteiger partial charge in [0.1, 0.15) is 0 Å². The number of aliphatic hydroxyl groups is 1. The Morgan fingerprint density at radius 3 is 3.17 bits per heavy atom. The van der Waals surface area contributed by atoms with Crippen LogP contribution in [0.1, 0.15) is 18.4 Å². The summed E-state index contributed by atoms with van der Waals surface area (Å²) in [5.41, 5.74) is 3.12. The van der Waals surface area contributed by atoms with Crippen LogP contribution in [0.25, 0.3) is 11.0 Å². The maximum atomic E-state index is 11.3. The summed E-state index contributed by atoms with van der Waals surface area (Å²) < 4.78 is 0. The molecule has 0 saturated carbocycles. The lowest BCUT2D eigenvalue weighted by Crippen LogP contribution is -2.25. The van der Waals surface area contributed by atoms with Gasteiger partial charge in [-0.25, -0.2) is 4.98 Å². The molecule has 0 bridgehead atoms. The van der Waals surface area contributed by atoms with Crippen molar-refractivity contribution in [2.75, 3.05) is 13.2 Å². The molecule has 1 heterocycles. The summed E-state index contributed by atoms with van der Waals surface area (Å²) in [4.78, 5) is 18.5. The van der Waals surface area contributed by atoms with E-state index in [1.54, 1.807) is 6.33 Å². The first-order chi connectivity index (χ1) is 8.79. The topological polar surface area (TPSA) is 78.0 Å². The number of benzene rings is 1. The molecule has 5 heteroatoms. The van der Waals surface area contributed by atoms with Gasteiger partial charge in [0.2, 0.25) is 5.91 Å². The summed E-state index contributed by atoms with van der Waals surface area (Å²) in [6, 6.07) is 6.03. The van der Waals surface area contributed by atoms with Crippen LogP contribution in [0.15, 0.2) is 24.5 Å². The van der Waals surface area contributed by atoms with Gasteiger partial charge in [-0.05, 0) is 30.5 Å². The number of hydrogen-bond acceptors (Lipinski definition) is 3. The Balaban J connectivity index is 1.81. The van der Waals surface area contributed by atoms with Crippen molar-refractivity contribution in [2.45, 2.75) is 19.3 Å². The molecule has 5 nitrogen and oxygen atoms in total. The molecule has 2 aromatic rings. The minimum atomic E-state index is -0.00771. The van der Waals surface area contributed by atoms with Gasteiger partial charge in [0.05, 0.1) is 17.4 Å². The molecule has 1 amide bonds. The summed E-state index contributed by atoms with van der Waals surface area (Å²) in [5.74, 6) is -0.00771. The summed E-state index contributed by atoms with van der Waals surface area (Å²) in [6.07, 6.45) is 3.37. The fourth-order valence-corrected chi connectivity index (χ4v) is 1.81. The highest BCUT2D eigenvalue weighted by Gasteiger charge is 2.01. The van der Waals surface area contributed by atoms with Crippen LogP contribution in [0.5, 0.6) is 0 Å². The van der Waals surface area contributed by atoms with Gasteiger partial charge in [0.15, 0.2) is 0 Å². The number of amides is 1. The van der Waals surface area contributed by atoms with E-state index in [2.05, 4.69) is 15.3 Å². The maximum Gasteiger partial charge on any atom is 0.220 e. The van der Waals surface area contributed by atoms with Gasteiger partial charge in [0, 0.05) is 19.6 Å². The molecule has 18 heavy (non-hydrogen) atoms. The molecule has 2 rings (SSSR count). The zero-order valence-corrected chi connectivity index (χ0v) is 10.1. The van der Waals surface area contributed by atoms with Crippen molar-refractivity contribution in [2.24, 2.45) is 0 Å². The number of aromatic amines is 1. The molecule has 0 radical (unpaired) electrons. The van der Waals surface area contributed by atoms with Crippen LogP contribution in [0, 0.1) is 0 Å². The summed E-state index contributed by atoms with van der Waals surface area (Å²) >= 11 is 0. The Hall–Kier alpha value is -1.88. The predicted octanol–water partition coefficient (Wildman–Crippen LogP) is 0.994. The van der Waals surface area contributed by atoms with Gasteiger partial charge in [-0.1, -0.05) is 6.07 Å². The van der Waals surface area contributed by atoms with E-state index in [9.17, 15) is 4.79 Å². The van der Waals surface area contributed by atoms with Crippen LogP contribution in [0.3, 0.4) is 0 Å². The second-order valence-electron chi connectivity index (χ2n) is 4.18. The SMILES string of the molecule is O=C(CCCO)NCCc1ccc2nc[nH]c2c1. The first kappa shape index (κ1) is 12.6. The molecule has 0 aliphatic carbocycles. The Morgan fingerprint density at radius 2 is 2.33 bits per heavy atom. The number of rotatable bonds is 6. The predicted molar refractivity (Wildman–Crippen MR) is 69.1 cm³/mol. The Bertz CT molecular complexity index is 522. The third-order valence-corrected chi connectivity index (χ3v) is 2.78. The number of carbonyl (C=O) groups is 1. The lowest BCUT2D eigenvalue weighted by molar-refractivity contribution is -0.121. The fourth-order valence-electron chi connectivity index (χ4n) is 1.81. The molecule has 1 aromatic carbocycles. The highest BCUT2D eigenvalue weighted by molar-refractivity contribution is 5.76. The molecular weight excluding hydrogens is 230 g/mol. The van der Waals surface area contributed by atoms with Gasteiger partial charge in [-0.2, -0.15) is 0 Å². The van der Waals surface area contributed by atoms with E-state index >= 15 is 0 Å². The van der Waals surface area contributed by atoms with E-state index in [0.717, 1.165) is 23.0 Å². The van der Waals surface area contributed by atoms with E-state index in [1.165, 1.54) is 0 Å². The minimum absolute atomic E-state index is 0.00771. The summed E-state index contributed by atoms with van der Waals surface area (Å²) in [5, 5.41) is 11.4. The van der Waals surface area contributed by atoms with Gasteiger partial charge in [0.25, 0.3) is 0 Å². The second-order valence-corrected chi connectivity index (χ2v) is 4.18. The van der Waals surface area contributed by atoms with Crippen LogP contribution in [-0.2, 0) is 11.2 Å². The van der Waals surface area contributed by atoms with Crippen molar-refractivity contribution in [3.05, 3.63) is 30.1 Å². The van der Waals surface area contributed by atoms with Gasteiger partial charge in [-0.3, -0.25) is 4.79 Å². The van der Waals surface area contributed by atoms with E-state index in [4.69, 9.17) is 5.11 Å². The third-order valence-electron chi connectivity index (χ3n) is 2.78. The first-order valence-electron chi connectivity index (χ1n) is 6.09. The number of H-pyrrole nitrogens is 1. The lowest BCUT2D eigenvalue weighted by atomic mass is 10.1. The molecule has 3 N–H and O–H groups in total. The molecule has 0 aliphatic rings. The number of imidazole rings is 1. The normalized spacial score (nSPS) is 10.7. The largest absolute Gasteiger partial charge is 0.396 e. The Labute approximate surface area is 105 Å². The van der Waals surface area contributed by atoms with Gasteiger partial charge in [-0.15, -0.1) is 0 Å². The molecular formula is C13H17N3O2. The van der Waals surface area contributed by atoms with E-state index in [-0.39, 0.29) is 12.5 Å². The number of aromatic nitrogens is 2. The van der Waals surface area contributed by atoms with Crippen molar-refractivity contribution in [1.29, 1.82) is 0 Å². The van der Waals surface area contributed by atoms with Crippen molar-refractivity contribution >= 4 is 16.9 Å². The van der Waals surface area contributed by atoms with Crippen LogP contribution in [0.2, 0.25) is 0 Å².